The number of urea groups is 1. The number of thiazole rings is 1. The van der Waals surface area contributed by atoms with Crippen molar-refractivity contribution in [3.8, 4) is 0 Å². The molecule has 0 atom stereocenters. The summed E-state index contributed by atoms with van der Waals surface area (Å²) in [5.41, 5.74) is 5.93. The van der Waals surface area contributed by atoms with E-state index in [4.69, 9.17) is 5.73 Å². The molecule has 0 unspecified atom stereocenters. The summed E-state index contributed by atoms with van der Waals surface area (Å²) < 4.78 is 3.10. The Morgan fingerprint density at radius 2 is 2.14 bits per heavy atom. The van der Waals surface area contributed by atoms with Gasteiger partial charge in [-0.05, 0) is 12.1 Å². The van der Waals surface area contributed by atoms with Crippen LogP contribution in [-0.2, 0) is 4.79 Å². The number of carbonyl (C=O) groups excluding carboxylic acids is 2. The maximum Gasteiger partial charge on any atom is 0.318 e. The smallest absolute Gasteiger partial charge is 0.318 e. The molecule has 21 heavy (non-hydrogen) atoms. The maximum absolute atomic E-state index is 11.3. The second-order valence-electron chi connectivity index (χ2n) is 4.18. The van der Waals surface area contributed by atoms with E-state index in [1.165, 1.54) is 11.8 Å². The van der Waals surface area contributed by atoms with E-state index in [0.29, 0.717) is 5.75 Å². The second-order valence-corrected chi connectivity index (χ2v) is 6.25. The lowest BCUT2D eigenvalue weighted by Crippen LogP contribution is -2.35. The number of primary amides is 1. The number of fused-ring (bicyclic) bond motifs is 3. The highest BCUT2D eigenvalue weighted by Gasteiger charge is 2.13. The van der Waals surface area contributed by atoms with E-state index in [-0.39, 0.29) is 6.42 Å². The molecule has 0 aliphatic carbocycles. The first-order valence-electron chi connectivity index (χ1n) is 6.10. The number of hydrogen-bond donors (Lipinski definition) is 2. The van der Waals surface area contributed by atoms with Crippen LogP contribution in [0.25, 0.3) is 15.2 Å². The molecular weight excluding hydrogens is 310 g/mol. The highest BCUT2D eigenvalue weighted by Crippen LogP contribution is 2.29. The minimum Gasteiger partial charge on any atom is -0.351 e. The molecule has 0 radical (unpaired) electrons. The van der Waals surface area contributed by atoms with Gasteiger partial charge in [-0.1, -0.05) is 35.2 Å². The summed E-state index contributed by atoms with van der Waals surface area (Å²) in [4.78, 5) is 22.7. The molecule has 0 aliphatic heterocycles. The van der Waals surface area contributed by atoms with Gasteiger partial charge in [0.15, 0.2) is 5.16 Å². The van der Waals surface area contributed by atoms with E-state index in [2.05, 4.69) is 10.2 Å². The topological polar surface area (TPSA) is 102 Å². The molecule has 0 bridgehead atoms. The molecule has 3 N–H and O–H groups in total. The van der Waals surface area contributed by atoms with Crippen LogP contribution in [0.5, 0.6) is 0 Å². The third-order valence-electron chi connectivity index (χ3n) is 2.73. The van der Waals surface area contributed by atoms with Crippen molar-refractivity contribution in [2.45, 2.75) is 11.6 Å². The van der Waals surface area contributed by atoms with E-state index >= 15 is 0 Å². The zero-order chi connectivity index (χ0) is 14.8. The molecule has 0 saturated carbocycles. The second kappa shape index (κ2) is 5.70. The Labute approximate surface area is 127 Å². The summed E-state index contributed by atoms with van der Waals surface area (Å²) >= 11 is 2.98. The monoisotopic (exact) mass is 321 g/mol. The van der Waals surface area contributed by atoms with Crippen LogP contribution in [0.2, 0.25) is 0 Å². The number of nitrogens with zero attached hydrogens (tertiary/aromatic N) is 3. The van der Waals surface area contributed by atoms with Gasteiger partial charge in [0.2, 0.25) is 10.9 Å². The van der Waals surface area contributed by atoms with Gasteiger partial charge in [-0.25, -0.2) is 4.79 Å². The predicted octanol–water partition coefficient (Wildman–Crippen LogP) is 1.62. The van der Waals surface area contributed by atoms with Crippen molar-refractivity contribution in [2.24, 2.45) is 5.73 Å². The quantitative estimate of drug-likeness (QED) is 0.711. The summed E-state index contributed by atoms with van der Waals surface area (Å²) in [6.45, 7) is 0. The first-order chi connectivity index (χ1) is 10.1. The van der Waals surface area contributed by atoms with Crippen LogP contribution < -0.4 is 11.1 Å². The fourth-order valence-corrected chi connectivity index (χ4v) is 3.79. The Morgan fingerprint density at radius 3 is 2.95 bits per heavy atom. The van der Waals surface area contributed by atoms with E-state index < -0.39 is 11.9 Å². The molecular formula is C12H11N5O2S2. The number of aromatic nitrogens is 3. The molecule has 2 aromatic heterocycles. The molecule has 108 valence electrons. The molecule has 2 heterocycles. The maximum atomic E-state index is 11.3. The Hall–Kier alpha value is -2.13. The van der Waals surface area contributed by atoms with Crippen molar-refractivity contribution in [1.82, 2.24) is 19.9 Å². The van der Waals surface area contributed by atoms with Gasteiger partial charge >= 0.3 is 6.03 Å². The van der Waals surface area contributed by atoms with E-state index in [1.54, 1.807) is 11.3 Å². The molecule has 3 rings (SSSR count). The van der Waals surface area contributed by atoms with Gasteiger partial charge in [-0.15, -0.1) is 10.2 Å². The molecule has 1 aromatic carbocycles. The van der Waals surface area contributed by atoms with Gasteiger partial charge in [0.05, 0.1) is 10.2 Å². The first kappa shape index (κ1) is 13.8. The highest BCUT2D eigenvalue weighted by atomic mass is 32.2. The average Bonchev–Trinajstić information content (AvgIpc) is 2.97. The largest absolute Gasteiger partial charge is 0.351 e. The van der Waals surface area contributed by atoms with Gasteiger partial charge in [-0.2, -0.15) is 0 Å². The third kappa shape index (κ3) is 2.83. The van der Waals surface area contributed by atoms with E-state index in [9.17, 15) is 9.59 Å². The molecule has 0 fully saturated rings. The van der Waals surface area contributed by atoms with Crippen molar-refractivity contribution in [3.05, 3.63) is 24.3 Å². The highest BCUT2D eigenvalue weighted by molar-refractivity contribution is 7.99. The molecule has 3 amide bonds. The van der Waals surface area contributed by atoms with Crippen LogP contribution in [-0.4, -0.2) is 32.3 Å². The lowest BCUT2D eigenvalue weighted by molar-refractivity contribution is -0.119. The number of thioether (sulfide) groups is 1. The Morgan fingerprint density at radius 1 is 1.33 bits per heavy atom. The minimum absolute atomic E-state index is 0.185. The molecule has 7 nitrogen and oxygen atoms in total. The molecule has 9 heteroatoms. The summed E-state index contributed by atoms with van der Waals surface area (Å²) in [6, 6.07) is 7.14. The van der Waals surface area contributed by atoms with E-state index in [0.717, 1.165) is 20.3 Å². The number of rotatable bonds is 4. The van der Waals surface area contributed by atoms with Crippen molar-refractivity contribution < 1.29 is 9.59 Å². The summed E-state index contributed by atoms with van der Waals surface area (Å²) in [6.07, 6.45) is 0.185. The summed E-state index contributed by atoms with van der Waals surface area (Å²) in [5.74, 6) is 0.0929. The van der Waals surface area contributed by atoms with Crippen LogP contribution in [0.4, 0.5) is 4.79 Å². The van der Waals surface area contributed by atoms with Crippen molar-refractivity contribution >= 4 is 50.2 Å². The van der Waals surface area contributed by atoms with Gasteiger partial charge in [-0.3, -0.25) is 14.5 Å². The number of hydrogen-bond acceptors (Lipinski definition) is 6. The van der Waals surface area contributed by atoms with Crippen molar-refractivity contribution in [3.63, 3.8) is 0 Å². The van der Waals surface area contributed by atoms with Gasteiger partial charge < -0.3 is 5.73 Å². The number of para-hydroxylation sites is 1. The van der Waals surface area contributed by atoms with Crippen LogP contribution in [0.15, 0.2) is 29.4 Å². The SMILES string of the molecule is NC(=O)NC(=O)CCSc1nnc2sc3ccccc3n12. The Bertz CT molecular complexity index is 825. The Kier molecular flexibility index (Phi) is 3.76. The molecule has 0 aliphatic rings. The van der Waals surface area contributed by atoms with Crippen LogP contribution >= 0.6 is 23.1 Å². The van der Waals surface area contributed by atoms with Gasteiger partial charge in [0, 0.05) is 12.2 Å². The van der Waals surface area contributed by atoms with Crippen LogP contribution in [0.1, 0.15) is 6.42 Å². The fraction of sp³-hybridized carbons (Fsp3) is 0.167. The Balaban J connectivity index is 1.75. The number of imide groups is 1. The number of carbonyl (C=O) groups is 2. The summed E-state index contributed by atoms with van der Waals surface area (Å²) in [7, 11) is 0. The van der Waals surface area contributed by atoms with Gasteiger partial charge in [0.1, 0.15) is 0 Å². The van der Waals surface area contributed by atoms with Crippen molar-refractivity contribution in [2.75, 3.05) is 5.75 Å². The molecule has 3 aromatic rings. The number of nitrogens with two attached hydrogens (primary N) is 1. The van der Waals surface area contributed by atoms with E-state index in [1.807, 2.05) is 34.0 Å². The predicted molar refractivity (Wildman–Crippen MR) is 81.4 cm³/mol. The zero-order valence-corrected chi connectivity index (χ0v) is 12.4. The van der Waals surface area contributed by atoms with Crippen LogP contribution in [0.3, 0.4) is 0 Å². The fourth-order valence-electron chi connectivity index (χ4n) is 1.88. The number of amides is 3. The third-order valence-corrected chi connectivity index (χ3v) is 4.68. The molecule has 0 saturated heterocycles. The number of nitrogens with one attached hydrogen (secondary N) is 1. The average molecular weight is 321 g/mol. The first-order valence-corrected chi connectivity index (χ1v) is 7.90. The standard InChI is InChI=1S/C12H11N5O2S2/c13-10(19)14-9(18)5-6-20-11-15-16-12-17(11)7-3-1-2-4-8(7)21-12/h1-4H,5-6H2,(H3,13,14,18,19). The summed E-state index contributed by atoms with van der Waals surface area (Å²) in [5, 5.41) is 11.0. The van der Waals surface area contributed by atoms with Gasteiger partial charge in [0.25, 0.3) is 0 Å². The molecule has 0 spiro atoms. The minimum atomic E-state index is -0.835. The number of benzene rings is 1. The zero-order valence-electron chi connectivity index (χ0n) is 10.8. The van der Waals surface area contributed by atoms with Crippen molar-refractivity contribution in [1.29, 1.82) is 0 Å². The lowest BCUT2D eigenvalue weighted by atomic mass is 10.3. The lowest BCUT2D eigenvalue weighted by Gasteiger charge is -2.00. The van der Waals surface area contributed by atoms with Crippen LogP contribution in [0, 0.1) is 0 Å². The normalized spacial score (nSPS) is 11.0.